The Kier molecular flexibility index (Phi) is 6.02. The molecule has 1 heterocycles. The summed E-state index contributed by atoms with van der Waals surface area (Å²) in [4.78, 5) is 47.5. The van der Waals surface area contributed by atoms with Crippen LogP contribution in [-0.4, -0.2) is 59.2 Å². The Morgan fingerprint density at radius 1 is 1.21 bits per heavy atom. The summed E-state index contributed by atoms with van der Waals surface area (Å²) >= 11 is 0. The molecule has 1 atom stereocenters. The van der Waals surface area contributed by atoms with Crippen molar-refractivity contribution in [3.05, 3.63) is 0 Å². The summed E-state index contributed by atoms with van der Waals surface area (Å²) in [6.07, 6.45) is -2.89. The van der Waals surface area contributed by atoms with E-state index in [2.05, 4.69) is 4.74 Å². The fourth-order valence-electron chi connectivity index (χ4n) is 2.18. The first-order valence-electron chi connectivity index (χ1n) is 7.46. The number of hydrogen-bond donors (Lipinski definition) is 0. The number of carbonyl (C=O) groups is 4. The van der Waals surface area contributed by atoms with Crippen LogP contribution in [0.1, 0.15) is 40.5 Å². The van der Waals surface area contributed by atoms with Crippen LogP contribution in [0, 0.1) is 0 Å². The summed E-state index contributed by atoms with van der Waals surface area (Å²) in [5.74, 6) is -6.57. The smallest absolute Gasteiger partial charge is 0.411 e. The molecule has 1 aliphatic heterocycles. The highest BCUT2D eigenvalue weighted by Crippen LogP contribution is 2.34. The number of carbonyl (C=O) groups excluding carboxylic acids is 4. The number of hydrogen-bond acceptors (Lipinski definition) is 6. The summed E-state index contributed by atoms with van der Waals surface area (Å²) in [6.45, 7) is 5.12. The highest BCUT2D eigenvalue weighted by molar-refractivity contribution is 6.37. The van der Waals surface area contributed by atoms with Crippen molar-refractivity contribution >= 4 is 23.6 Å². The number of nitrogens with zero attached hydrogens (tertiary/aromatic N) is 1. The monoisotopic (exact) mass is 349 g/mol. The standard InChI is InChI=1S/C15H21F2NO6/c1-5-23-12(21)11(20)6-10(19)9-7-15(16,17)8-18(9)13(22)24-14(2,3)4/h9H,5-8H2,1-4H3. The van der Waals surface area contributed by atoms with Gasteiger partial charge >= 0.3 is 12.1 Å². The van der Waals surface area contributed by atoms with Crippen molar-refractivity contribution in [3.63, 3.8) is 0 Å². The normalized spacial score (nSPS) is 19.8. The van der Waals surface area contributed by atoms with E-state index >= 15 is 0 Å². The molecule has 0 aromatic rings. The largest absolute Gasteiger partial charge is 0.460 e. The van der Waals surface area contributed by atoms with E-state index < -0.39 is 60.6 Å². The fraction of sp³-hybridized carbons (Fsp3) is 0.733. The SMILES string of the molecule is CCOC(=O)C(=O)CC(=O)C1CC(F)(F)CN1C(=O)OC(C)(C)C. The van der Waals surface area contributed by atoms with E-state index in [0.717, 1.165) is 0 Å². The van der Waals surface area contributed by atoms with Gasteiger partial charge in [0.15, 0.2) is 5.78 Å². The van der Waals surface area contributed by atoms with Gasteiger partial charge in [-0.1, -0.05) is 0 Å². The lowest BCUT2D eigenvalue weighted by Gasteiger charge is -2.27. The molecule has 1 unspecified atom stereocenters. The van der Waals surface area contributed by atoms with Gasteiger partial charge in [0.2, 0.25) is 5.78 Å². The Labute approximate surface area is 138 Å². The van der Waals surface area contributed by atoms with E-state index in [1.54, 1.807) is 20.8 Å². The average Bonchev–Trinajstić information content (AvgIpc) is 2.73. The van der Waals surface area contributed by atoms with Crippen LogP contribution >= 0.6 is 0 Å². The number of amides is 1. The van der Waals surface area contributed by atoms with Crippen molar-refractivity contribution in [2.45, 2.75) is 58.1 Å². The average molecular weight is 349 g/mol. The van der Waals surface area contributed by atoms with Crippen LogP contribution in [0.4, 0.5) is 13.6 Å². The van der Waals surface area contributed by atoms with E-state index in [4.69, 9.17) is 4.74 Å². The van der Waals surface area contributed by atoms with E-state index in [-0.39, 0.29) is 6.61 Å². The van der Waals surface area contributed by atoms with E-state index in [0.29, 0.717) is 4.90 Å². The van der Waals surface area contributed by atoms with Crippen molar-refractivity contribution in [1.82, 2.24) is 4.90 Å². The predicted molar refractivity (Wildman–Crippen MR) is 77.6 cm³/mol. The molecule has 0 N–H and O–H groups in total. The molecule has 1 amide bonds. The minimum absolute atomic E-state index is 0.0513. The van der Waals surface area contributed by atoms with Crippen LogP contribution in [0.25, 0.3) is 0 Å². The fourth-order valence-corrected chi connectivity index (χ4v) is 2.18. The third kappa shape index (κ3) is 5.54. The van der Waals surface area contributed by atoms with E-state index in [9.17, 15) is 28.0 Å². The third-order valence-corrected chi connectivity index (χ3v) is 3.11. The van der Waals surface area contributed by atoms with Gasteiger partial charge in [-0.15, -0.1) is 0 Å². The molecule has 1 aliphatic rings. The summed E-state index contributed by atoms with van der Waals surface area (Å²) in [5, 5.41) is 0. The van der Waals surface area contributed by atoms with Crippen molar-refractivity contribution in [3.8, 4) is 0 Å². The van der Waals surface area contributed by atoms with Crippen LogP contribution in [-0.2, 0) is 23.9 Å². The molecule has 24 heavy (non-hydrogen) atoms. The van der Waals surface area contributed by atoms with Gasteiger partial charge in [-0.05, 0) is 27.7 Å². The Morgan fingerprint density at radius 3 is 2.29 bits per heavy atom. The third-order valence-electron chi connectivity index (χ3n) is 3.11. The van der Waals surface area contributed by atoms with Gasteiger partial charge in [-0.25, -0.2) is 18.4 Å². The number of alkyl halides is 2. The number of rotatable bonds is 5. The zero-order valence-corrected chi connectivity index (χ0v) is 14.1. The highest BCUT2D eigenvalue weighted by atomic mass is 19.3. The minimum atomic E-state index is -3.27. The predicted octanol–water partition coefficient (Wildman–Crippen LogP) is 1.72. The second-order valence-electron chi connectivity index (χ2n) is 6.47. The van der Waals surface area contributed by atoms with Crippen molar-refractivity contribution < 1.29 is 37.4 Å². The Bertz CT molecular complexity index is 541. The van der Waals surface area contributed by atoms with Crippen LogP contribution in [0.15, 0.2) is 0 Å². The molecule has 136 valence electrons. The van der Waals surface area contributed by atoms with Crippen LogP contribution < -0.4 is 0 Å². The van der Waals surface area contributed by atoms with Crippen molar-refractivity contribution in [1.29, 1.82) is 0 Å². The first-order chi connectivity index (χ1) is 10.9. The summed E-state index contributed by atoms with van der Waals surface area (Å²) < 4.78 is 36.7. The molecule has 0 saturated carbocycles. The number of ether oxygens (including phenoxy) is 2. The molecule has 0 bridgehead atoms. The molecule has 9 heteroatoms. The number of esters is 1. The van der Waals surface area contributed by atoms with Gasteiger partial charge in [-0.2, -0.15) is 0 Å². The number of halogens is 2. The van der Waals surface area contributed by atoms with E-state index in [1.807, 2.05) is 0 Å². The molecule has 1 rings (SSSR count). The van der Waals surface area contributed by atoms with Crippen molar-refractivity contribution in [2.24, 2.45) is 0 Å². The summed E-state index contributed by atoms with van der Waals surface area (Å²) in [6, 6.07) is -1.52. The first-order valence-corrected chi connectivity index (χ1v) is 7.46. The maximum Gasteiger partial charge on any atom is 0.411 e. The molecule has 0 radical (unpaired) electrons. The molecule has 1 fully saturated rings. The zero-order chi connectivity index (χ0) is 18.7. The summed E-state index contributed by atoms with van der Waals surface area (Å²) in [7, 11) is 0. The van der Waals surface area contributed by atoms with Gasteiger partial charge in [0, 0.05) is 6.42 Å². The lowest BCUT2D eigenvalue weighted by molar-refractivity contribution is -0.154. The van der Waals surface area contributed by atoms with Gasteiger partial charge in [0.05, 0.1) is 19.6 Å². The maximum absolute atomic E-state index is 13.6. The topological polar surface area (TPSA) is 90.0 Å². The highest BCUT2D eigenvalue weighted by Gasteiger charge is 2.51. The Hall–Kier alpha value is -2.06. The Morgan fingerprint density at radius 2 is 1.79 bits per heavy atom. The number of likely N-dealkylation sites (tertiary alicyclic amines) is 1. The van der Waals surface area contributed by atoms with Crippen LogP contribution in [0.5, 0.6) is 0 Å². The summed E-state index contributed by atoms with van der Waals surface area (Å²) in [5.41, 5.74) is -0.927. The van der Waals surface area contributed by atoms with E-state index in [1.165, 1.54) is 6.92 Å². The maximum atomic E-state index is 13.6. The van der Waals surface area contributed by atoms with Crippen molar-refractivity contribution in [2.75, 3.05) is 13.2 Å². The van der Waals surface area contributed by atoms with Gasteiger partial charge in [0.1, 0.15) is 11.6 Å². The second kappa shape index (κ2) is 7.23. The lowest BCUT2D eigenvalue weighted by Crippen LogP contribution is -2.44. The van der Waals surface area contributed by atoms with Crippen LogP contribution in [0.3, 0.4) is 0 Å². The molecule has 0 aliphatic carbocycles. The molecular weight excluding hydrogens is 328 g/mol. The molecule has 0 aromatic heterocycles. The molecule has 1 saturated heterocycles. The Balaban J connectivity index is 2.85. The quantitative estimate of drug-likeness (QED) is 0.426. The number of Topliss-reactive ketones (excluding diaryl/α,β-unsaturated/α-hetero) is 2. The zero-order valence-electron chi connectivity index (χ0n) is 14.1. The number of ketones is 2. The lowest BCUT2D eigenvalue weighted by atomic mass is 10.0. The van der Waals surface area contributed by atoms with Crippen LogP contribution in [0.2, 0.25) is 0 Å². The minimum Gasteiger partial charge on any atom is -0.460 e. The first kappa shape index (κ1) is 20.0. The second-order valence-corrected chi connectivity index (χ2v) is 6.47. The molecule has 0 spiro atoms. The van der Waals surface area contributed by atoms with Gasteiger partial charge in [0.25, 0.3) is 5.92 Å². The molecular formula is C15H21F2NO6. The van der Waals surface area contributed by atoms with Gasteiger partial charge in [-0.3, -0.25) is 14.5 Å². The molecule has 0 aromatic carbocycles. The van der Waals surface area contributed by atoms with Gasteiger partial charge < -0.3 is 9.47 Å². The molecule has 7 nitrogen and oxygen atoms in total.